The lowest BCUT2D eigenvalue weighted by atomic mass is 10.1. The van der Waals surface area contributed by atoms with Crippen LogP contribution in [0, 0.1) is 5.92 Å². The molecule has 0 aliphatic rings. The van der Waals surface area contributed by atoms with Gasteiger partial charge in [-0.25, -0.2) is 9.78 Å². The topological polar surface area (TPSA) is 108 Å². The second-order valence-corrected chi connectivity index (χ2v) is 6.57. The third kappa shape index (κ3) is 5.39. The van der Waals surface area contributed by atoms with Gasteiger partial charge in [0.05, 0.1) is 12.1 Å². The number of thiazole rings is 1. The molecule has 25 heavy (non-hydrogen) atoms. The zero-order chi connectivity index (χ0) is 18.4. The smallest absolute Gasteiger partial charge is 0.330 e. The maximum atomic E-state index is 12.1. The Kier molecular flexibility index (Phi) is 6.24. The Morgan fingerprint density at radius 2 is 1.88 bits per heavy atom. The lowest BCUT2D eigenvalue weighted by Crippen LogP contribution is -2.34. The average molecular weight is 361 g/mol. The van der Waals surface area contributed by atoms with Crippen molar-refractivity contribution in [2.45, 2.75) is 26.3 Å². The molecule has 2 amide bonds. The van der Waals surface area contributed by atoms with Gasteiger partial charge in [0.15, 0.2) is 11.2 Å². The summed E-state index contributed by atoms with van der Waals surface area (Å²) in [7, 11) is 0. The largest absolute Gasteiger partial charge is 0.479 e. The van der Waals surface area contributed by atoms with Crippen LogP contribution < -0.4 is 10.6 Å². The number of hydrogen-bond acceptors (Lipinski definition) is 5. The predicted octanol–water partition coefficient (Wildman–Crippen LogP) is 2.22. The summed E-state index contributed by atoms with van der Waals surface area (Å²) >= 11 is 1.22. The first kappa shape index (κ1) is 18.6. The highest BCUT2D eigenvalue weighted by molar-refractivity contribution is 7.13. The number of aromatic nitrogens is 1. The number of nitrogens with one attached hydrogen (secondary N) is 2. The van der Waals surface area contributed by atoms with Crippen molar-refractivity contribution in [2.75, 3.05) is 5.32 Å². The Labute approximate surface area is 149 Å². The van der Waals surface area contributed by atoms with Crippen LogP contribution in [0.25, 0.3) is 0 Å². The minimum absolute atomic E-state index is 0.0648. The van der Waals surface area contributed by atoms with Crippen LogP contribution in [0.3, 0.4) is 0 Å². The molecule has 0 fully saturated rings. The lowest BCUT2D eigenvalue weighted by molar-refractivity contribution is -0.142. The zero-order valence-corrected chi connectivity index (χ0v) is 14.7. The first-order chi connectivity index (χ1) is 11.9. The van der Waals surface area contributed by atoms with E-state index in [1.807, 2.05) is 0 Å². The number of hydrogen-bond donors (Lipinski definition) is 3. The molecular formula is C17H19N3O4S. The molecule has 1 atom stereocenters. The zero-order valence-electron chi connectivity index (χ0n) is 13.9. The Hall–Kier alpha value is -2.74. The third-order valence-corrected chi connectivity index (χ3v) is 4.14. The van der Waals surface area contributed by atoms with Gasteiger partial charge in [-0.05, 0) is 5.56 Å². The second kappa shape index (κ2) is 8.39. The number of carbonyl (C=O) groups excluding carboxylic acids is 2. The molecule has 1 heterocycles. The number of benzene rings is 1. The number of carboxylic acid groups (broad SMARTS) is 1. The molecule has 0 spiro atoms. The monoisotopic (exact) mass is 361 g/mol. The molecule has 0 aliphatic heterocycles. The molecule has 1 aromatic heterocycles. The number of nitrogens with zero attached hydrogens (tertiary/aromatic N) is 1. The number of anilines is 1. The lowest BCUT2D eigenvalue weighted by Gasteiger charge is -2.14. The third-order valence-electron chi connectivity index (χ3n) is 3.33. The first-order valence-electron chi connectivity index (χ1n) is 7.69. The van der Waals surface area contributed by atoms with Gasteiger partial charge in [-0.1, -0.05) is 44.2 Å². The summed E-state index contributed by atoms with van der Waals surface area (Å²) in [6, 6.07) is 7.35. The van der Waals surface area contributed by atoms with Gasteiger partial charge in [0, 0.05) is 11.3 Å². The van der Waals surface area contributed by atoms with Crippen molar-refractivity contribution in [3.05, 3.63) is 47.0 Å². The summed E-state index contributed by atoms with van der Waals surface area (Å²) in [5.74, 6) is -1.91. The number of rotatable bonds is 7. The number of amides is 2. The summed E-state index contributed by atoms with van der Waals surface area (Å²) in [4.78, 5) is 39.4. The molecular weight excluding hydrogens is 342 g/mol. The predicted molar refractivity (Wildman–Crippen MR) is 94.2 cm³/mol. The number of aliphatic carboxylic acids is 1. The first-order valence-corrected chi connectivity index (χ1v) is 8.57. The van der Waals surface area contributed by atoms with Crippen LogP contribution in [0.4, 0.5) is 5.13 Å². The van der Waals surface area contributed by atoms with Crippen LogP contribution in [-0.4, -0.2) is 27.9 Å². The Morgan fingerprint density at radius 1 is 1.20 bits per heavy atom. The van der Waals surface area contributed by atoms with Gasteiger partial charge in [0.2, 0.25) is 11.8 Å². The van der Waals surface area contributed by atoms with E-state index in [1.165, 1.54) is 11.3 Å². The molecule has 8 heteroatoms. The van der Waals surface area contributed by atoms with E-state index in [1.54, 1.807) is 49.6 Å². The van der Waals surface area contributed by atoms with Crippen LogP contribution >= 0.6 is 11.3 Å². The van der Waals surface area contributed by atoms with Crippen LogP contribution in [0.2, 0.25) is 0 Å². The van der Waals surface area contributed by atoms with Gasteiger partial charge < -0.3 is 15.7 Å². The van der Waals surface area contributed by atoms with E-state index < -0.39 is 17.9 Å². The van der Waals surface area contributed by atoms with Crippen molar-refractivity contribution in [3.8, 4) is 0 Å². The van der Waals surface area contributed by atoms with E-state index in [9.17, 15) is 19.5 Å². The van der Waals surface area contributed by atoms with Crippen molar-refractivity contribution in [2.24, 2.45) is 5.92 Å². The molecule has 0 saturated heterocycles. The summed E-state index contributed by atoms with van der Waals surface area (Å²) < 4.78 is 0. The highest BCUT2D eigenvalue weighted by atomic mass is 32.1. The highest BCUT2D eigenvalue weighted by Crippen LogP contribution is 2.18. The van der Waals surface area contributed by atoms with E-state index in [2.05, 4.69) is 15.6 Å². The second-order valence-electron chi connectivity index (χ2n) is 5.71. The van der Waals surface area contributed by atoms with Crippen LogP contribution in [0.1, 0.15) is 31.1 Å². The fourth-order valence-corrected chi connectivity index (χ4v) is 2.72. The van der Waals surface area contributed by atoms with Gasteiger partial charge in [0.1, 0.15) is 0 Å². The maximum Gasteiger partial charge on any atom is 0.330 e. The van der Waals surface area contributed by atoms with E-state index in [0.29, 0.717) is 16.4 Å². The van der Waals surface area contributed by atoms with Crippen LogP contribution in [0.5, 0.6) is 0 Å². The quantitative estimate of drug-likeness (QED) is 0.701. The van der Waals surface area contributed by atoms with Crippen molar-refractivity contribution >= 4 is 34.3 Å². The Bertz CT molecular complexity index is 758. The van der Waals surface area contributed by atoms with Crippen molar-refractivity contribution in [1.82, 2.24) is 10.3 Å². The van der Waals surface area contributed by atoms with Gasteiger partial charge in [0.25, 0.3) is 0 Å². The molecule has 2 aromatic rings. The fourth-order valence-electron chi connectivity index (χ4n) is 2.00. The molecule has 7 nitrogen and oxygen atoms in total. The van der Waals surface area contributed by atoms with E-state index in [0.717, 1.165) is 0 Å². The van der Waals surface area contributed by atoms with Gasteiger partial charge in [-0.15, -0.1) is 11.3 Å². The Balaban J connectivity index is 1.98. The van der Waals surface area contributed by atoms with Crippen LogP contribution in [-0.2, 0) is 20.8 Å². The summed E-state index contributed by atoms with van der Waals surface area (Å²) in [5, 5.41) is 16.5. The highest BCUT2D eigenvalue weighted by Gasteiger charge is 2.22. The van der Waals surface area contributed by atoms with E-state index in [-0.39, 0.29) is 18.2 Å². The Morgan fingerprint density at radius 3 is 2.48 bits per heavy atom. The minimum Gasteiger partial charge on any atom is -0.479 e. The van der Waals surface area contributed by atoms with E-state index >= 15 is 0 Å². The maximum absolute atomic E-state index is 12.1. The number of carboxylic acids is 1. The molecule has 0 bridgehead atoms. The molecule has 3 N–H and O–H groups in total. The fraction of sp³-hybridized carbons (Fsp3) is 0.294. The van der Waals surface area contributed by atoms with Crippen LogP contribution in [0.15, 0.2) is 35.7 Å². The summed E-state index contributed by atoms with van der Waals surface area (Å²) in [6.07, 6.45) is -0.0648. The molecule has 0 aliphatic carbocycles. The average Bonchev–Trinajstić information content (AvgIpc) is 2.99. The molecule has 132 valence electrons. The van der Waals surface area contributed by atoms with Gasteiger partial charge in [-0.3, -0.25) is 9.59 Å². The molecule has 1 aromatic carbocycles. The minimum atomic E-state index is -1.14. The SMILES string of the molecule is CC(C)C(=O)Nc1nc(CC(=O)NC(C(=O)O)c2ccccc2)cs1. The molecule has 1 unspecified atom stereocenters. The van der Waals surface area contributed by atoms with E-state index in [4.69, 9.17) is 0 Å². The van der Waals surface area contributed by atoms with Crippen molar-refractivity contribution in [1.29, 1.82) is 0 Å². The standard InChI is InChI=1S/C17H19N3O4S/c1-10(2)15(22)20-17-18-12(9-25-17)8-13(21)19-14(16(23)24)11-6-4-3-5-7-11/h3-7,9-10,14H,8H2,1-2H3,(H,19,21)(H,23,24)(H,18,20,22). The van der Waals surface area contributed by atoms with Gasteiger partial charge >= 0.3 is 5.97 Å². The molecule has 2 rings (SSSR count). The molecule has 0 radical (unpaired) electrons. The summed E-state index contributed by atoms with van der Waals surface area (Å²) in [6.45, 7) is 3.54. The summed E-state index contributed by atoms with van der Waals surface area (Å²) in [5.41, 5.74) is 0.963. The normalized spacial score (nSPS) is 11.8. The van der Waals surface area contributed by atoms with Crippen molar-refractivity contribution < 1.29 is 19.5 Å². The van der Waals surface area contributed by atoms with Crippen molar-refractivity contribution in [3.63, 3.8) is 0 Å². The van der Waals surface area contributed by atoms with Gasteiger partial charge in [-0.2, -0.15) is 0 Å². The number of carbonyl (C=O) groups is 3. The molecule has 0 saturated carbocycles.